The number of ether oxygens (including phenoxy) is 1. The van der Waals surface area contributed by atoms with Gasteiger partial charge >= 0.3 is 5.97 Å². The van der Waals surface area contributed by atoms with Gasteiger partial charge in [-0.2, -0.15) is 0 Å². The molecule has 0 saturated heterocycles. The number of unbranched alkanes of at least 4 members (excludes halogenated alkanes) is 1. The fourth-order valence-electron chi connectivity index (χ4n) is 2.58. The molecule has 0 bridgehead atoms. The maximum atomic E-state index is 11.9. The number of hydrogen-bond donors (Lipinski definition) is 0. The monoisotopic (exact) mass is 360 g/mol. The molecule has 0 fully saturated rings. The molecule has 0 radical (unpaired) electrons. The summed E-state index contributed by atoms with van der Waals surface area (Å²) in [4.78, 5) is 16.5. The van der Waals surface area contributed by atoms with Crippen molar-refractivity contribution in [2.45, 2.75) is 46.6 Å². The molecule has 0 amide bonds. The number of aryl methyl sites for hydroxylation is 1. The van der Waals surface area contributed by atoms with Crippen LogP contribution in [-0.4, -0.2) is 22.1 Å². The number of aromatic nitrogens is 2. The number of imidazole rings is 1. The standard InChI is InChI=1S/C20H25ClN2O2/c1-4-6-11-19-22-13-17(12-15(3)20(24)25-5-2)23(19)14-16-9-7-8-10-18(16)21/h7-10,12-13H,4-6,11,14H2,1-3H3/b15-12+. The Labute approximate surface area is 154 Å². The first-order chi connectivity index (χ1) is 12.1. The molecule has 0 N–H and O–H groups in total. The second-order valence-corrected chi connectivity index (χ2v) is 6.34. The molecule has 5 heteroatoms. The zero-order chi connectivity index (χ0) is 18.2. The zero-order valence-electron chi connectivity index (χ0n) is 15.1. The van der Waals surface area contributed by atoms with Crippen molar-refractivity contribution in [2.75, 3.05) is 6.61 Å². The molecule has 0 aliphatic rings. The summed E-state index contributed by atoms with van der Waals surface area (Å²) in [5, 5.41) is 0.731. The third-order valence-electron chi connectivity index (χ3n) is 3.97. The third-order valence-corrected chi connectivity index (χ3v) is 4.34. The van der Waals surface area contributed by atoms with Gasteiger partial charge in [0, 0.05) is 17.0 Å². The van der Waals surface area contributed by atoms with Gasteiger partial charge in [-0.3, -0.25) is 0 Å². The van der Waals surface area contributed by atoms with Gasteiger partial charge < -0.3 is 9.30 Å². The molecule has 0 saturated carbocycles. The van der Waals surface area contributed by atoms with Gasteiger partial charge in [0.1, 0.15) is 5.82 Å². The normalized spacial score (nSPS) is 11.6. The van der Waals surface area contributed by atoms with Crippen molar-refractivity contribution in [1.29, 1.82) is 0 Å². The number of carbonyl (C=O) groups is 1. The number of esters is 1. The van der Waals surface area contributed by atoms with Crippen LogP contribution in [0, 0.1) is 0 Å². The summed E-state index contributed by atoms with van der Waals surface area (Å²) in [5.41, 5.74) is 2.48. The Balaban J connectivity index is 2.36. The molecule has 0 unspecified atom stereocenters. The number of benzene rings is 1. The van der Waals surface area contributed by atoms with E-state index in [1.165, 1.54) is 0 Å². The average molecular weight is 361 g/mol. The molecule has 0 atom stereocenters. The summed E-state index contributed by atoms with van der Waals surface area (Å²) in [6.45, 7) is 6.71. The first kappa shape index (κ1) is 19.3. The number of nitrogens with zero attached hydrogens (tertiary/aromatic N) is 2. The fraction of sp³-hybridized carbons (Fsp3) is 0.400. The maximum Gasteiger partial charge on any atom is 0.333 e. The van der Waals surface area contributed by atoms with Crippen molar-refractivity contribution in [3.8, 4) is 0 Å². The summed E-state index contributed by atoms with van der Waals surface area (Å²) < 4.78 is 7.19. The lowest BCUT2D eigenvalue weighted by molar-refractivity contribution is -0.138. The summed E-state index contributed by atoms with van der Waals surface area (Å²) in [6.07, 6.45) is 6.71. The van der Waals surface area contributed by atoms with Gasteiger partial charge in [-0.1, -0.05) is 43.1 Å². The van der Waals surface area contributed by atoms with Crippen molar-refractivity contribution in [3.05, 3.63) is 58.1 Å². The lowest BCUT2D eigenvalue weighted by Crippen LogP contribution is -2.09. The van der Waals surface area contributed by atoms with Crippen LogP contribution in [0.4, 0.5) is 0 Å². The molecule has 0 aliphatic carbocycles. The largest absolute Gasteiger partial charge is 0.463 e. The Kier molecular flexibility index (Phi) is 7.26. The van der Waals surface area contributed by atoms with E-state index in [2.05, 4.69) is 16.5 Å². The molecular formula is C20H25ClN2O2. The van der Waals surface area contributed by atoms with Crippen LogP contribution in [0.3, 0.4) is 0 Å². The fourth-order valence-corrected chi connectivity index (χ4v) is 2.78. The minimum Gasteiger partial charge on any atom is -0.463 e. The van der Waals surface area contributed by atoms with Crippen molar-refractivity contribution < 1.29 is 9.53 Å². The van der Waals surface area contributed by atoms with E-state index in [4.69, 9.17) is 16.3 Å². The van der Waals surface area contributed by atoms with Crippen LogP contribution >= 0.6 is 11.6 Å². The first-order valence-electron chi connectivity index (χ1n) is 8.70. The predicted molar refractivity (Wildman–Crippen MR) is 102 cm³/mol. The van der Waals surface area contributed by atoms with E-state index in [0.29, 0.717) is 18.7 Å². The third kappa shape index (κ3) is 5.20. The molecule has 0 spiro atoms. The summed E-state index contributed by atoms with van der Waals surface area (Å²) >= 11 is 6.32. The number of carbonyl (C=O) groups excluding carboxylic acids is 1. The molecule has 1 heterocycles. The van der Waals surface area contributed by atoms with Gasteiger partial charge in [-0.25, -0.2) is 9.78 Å². The van der Waals surface area contributed by atoms with Crippen molar-refractivity contribution in [2.24, 2.45) is 0 Å². The predicted octanol–water partition coefficient (Wildman–Crippen LogP) is 4.89. The van der Waals surface area contributed by atoms with Gasteiger partial charge in [0.15, 0.2) is 0 Å². The molecule has 134 valence electrons. The van der Waals surface area contributed by atoms with Crippen molar-refractivity contribution in [1.82, 2.24) is 9.55 Å². The van der Waals surface area contributed by atoms with Crippen LogP contribution in [0.2, 0.25) is 5.02 Å². The lowest BCUT2D eigenvalue weighted by atomic mass is 10.2. The Morgan fingerprint density at radius 1 is 1.32 bits per heavy atom. The van der Waals surface area contributed by atoms with Crippen LogP contribution in [0.1, 0.15) is 50.7 Å². The van der Waals surface area contributed by atoms with E-state index in [-0.39, 0.29) is 5.97 Å². The highest BCUT2D eigenvalue weighted by Crippen LogP contribution is 2.20. The van der Waals surface area contributed by atoms with Crippen LogP contribution in [0.15, 0.2) is 36.0 Å². The Morgan fingerprint density at radius 3 is 2.76 bits per heavy atom. The van der Waals surface area contributed by atoms with Gasteiger partial charge in [-0.05, 0) is 38.0 Å². The van der Waals surface area contributed by atoms with Crippen molar-refractivity contribution in [3.63, 3.8) is 0 Å². The lowest BCUT2D eigenvalue weighted by Gasteiger charge is -2.12. The van der Waals surface area contributed by atoms with E-state index in [1.54, 1.807) is 13.8 Å². The quantitative estimate of drug-likeness (QED) is 0.497. The number of rotatable bonds is 8. The number of hydrogen-bond acceptors (Lipinski definition) is 3. The second-order valence-electron chi connectivity index (χ2n) is 5.93. The van der Waals surface area contributed by atoms with E-state index in [9.17, 15) is 4.79 Å². The van der Waals surface area contributed by atoms with Crippen LogP contribution < -0.4 is 0 Å². The second kappa shape index (κ2) is 9.42. The molecule has 1 aromatic heterocycles. The smallest absolute Gasteiger partial charge is 0.333 e. The molecule has 4 nitrogen and oxygen atoms in total. The van der Waals surface area contributed by atoms with Gasteiger partial charge in [0.25, 0.3) is 0 Å². The summed E-state index contributed by atoms with van der Waals surface area (Å²) in [5.74, 6) is 0.702. The van der Waals surface area contributed by atoms with E-state index in [0.717, 1.165) is 41.4 Å². The van der Waals surface area contributed by atoms with Gasteiger partial charge in [0.05, 0.1) is 25.0 Å². The maximum absolute atomic E-state index is 11.9. The van der Waals surface area contributed by atoms with Crippen molar-refractivity contribution >= 4 is 23.6 Å². The highest BCUT2D eigenvalue weighted by Gasteiger charge is 2.12. The molecule has 2 rings (SSSR count). The zero-order valence-corrected chi connectivity index (χ0v) is 15.8. The Hall–Kier alpha value is -2.07. The first-order valence-corrected chi connectivity index (χ1v) is 9.07. The van der Waals surface area contributed by atoms with E-state index >= 15 is 0 Å². The SMILES string of the molecule is CCCCc1ncc(/C=C(\C)C(=O)OCC)n1Cc1ccccc1Cl. The van der Waals surface area contributed by atoms with Crippen LogP contribution in [0.25, 0.3) is 6.08 Å². The molecule has 2 aromatic rings. The van der Waals surface area contributed by atoms with E-state index < -0.39 is 0 Å². The van der Waals surface area contributed by atoms with Crippen LogP contribution in [-0.2, 0) is 22.5 Å². The highest BCUT2D eigenvalue weighted by molar-refractivity contribution is 6.31. The Bertz CT molecular complexity index is 750. The van der Waals surface area contributed by atoms with Gasteiger partial charge in [0.2, 0.25) is 0 Å². The van der Waals surface area contributed by atoms with E-state index in [1.807, 2.05) is 36.5 Å². The summed E-state index contributed by atoms with van der Waals surface area (Å²) in [6, 6.07) is 7.79. The molecule has 25 heavy (non-hydrogen) atoms. The molecular weight excluding hydrogens is 336 g/mol. The summed E-state index contributed by atoms with van der Waals surface area (Å²) in [7, 11) is 0. The van der Waals surface area contributed by atoms with Gasteiger partial charge in [-0.15, -0.1) is 0 Å². The number of halogens is 1. The topological polar surface area (TPSA) is 44.1 Å². The molecule has 0 aliphatic heterocycles. The van der Waals surface area contributed by atoms with Crippen LogP contribution in [0.5, 0.6) is 0 Å². The highest BCUT2D eigenvalue weighted by atomic mass is 35.5. The molecule has 1 aromatic carbocycles. The Morgan fingerprint density at radius 2 is 2.08 bits per heavy atom. The minimum absolute atomic E-state index is 0.303. The average Bonchev–Trinajstić information content (AvgIpc) is 2.97. The minimum atomic E-state index is -0.303.